The van der Waals surface area contributed by atoms with E-state index in [0.29, 0.717) is 41.4 Å². The average Bonchev–Trinajstić information content (AvgIpc) is 3.06. The minimum atomic E-state index is -0.679. The van der Waals surface area contributed by atoms with Gasteiger partial charge >= 0.3 is 5.97 Å². The maximum atomic E-state index is 11.7. The summed E-state index contributed by atoms with van der Waals surface area (Å²) in [6, 6.07) is 0. The highest BCUT2D eigenvalue weighted by Crippen LogP contribution is 2.69. The lowest BCUT2D eigenvalue weighted by Gasteiger charge is -2.64. The van der Waals surface area contributed by atoms with Crippen LogP contribution in [0.4, 0.5) is 0 Å². The van der Waals surface area contributed by atoms with E-state index in [-0.39, 0.29) is 29.0 Å². The van der Waals surface area contributed by atoms with Crippen molar-refractivity contribution in [1.82, 2.24) is 0 Å². The first-order valence-corrected chi connectivity index (χ1v) is 13.1. The summed E-state index contributed by atoms with van der Waals surface area (Å²) < 4.78 is 0. The van der Waals surface area contributed by atoms with Crippen molar-refractivity contribution >= 4 is 5.97 Å². The van der Waals surface area contributed by atoms with Crippen molar-refractivity contribution in [3.63, 3.8) is 0 Å². The van der Waals surface area contributed by atoms with Crippen molar-refractivity contribution in [3.05, 3.63) is 0 Å². The van der Waals surface area contributed by atoms with Gasteiger partial charge in [0.1, 0.15) is 0 Å². The van der Waals surface area contributed by atoms with Crippen LogP contribution >= 0.6 is 0 Å². The minimum Gasteiger partial charge on any atom is -0.481 e. The summed E-state index contributed by atoms with van der Waals surface area (Å²) in [6.07, 6.45) is 8.95. The molecule has 0 bridgehead atoms. The second kappa shape index (κ2) is 8.31. The maximum absolute atomic E-state index is 11.7. The molecular weight excluding hydrogens is 388 g/mol. The standard InChI is InChI=1S/C27H46O4/c1-6-18-22-14-17(28)9-11-27(22,5)21-10-12-26(4)19(15(2)13-16(3)25(30)31)7-8-20(26)23(21)24(18)29/h15-24,28-29H,6-14H2,1-5H3,(H,30,31)/t15-,16+,17-,18-,19-,20?,21?,22+,23?,24-,26-,27-/m1/s1. The van der Waals surface area contributed by atoms with Crippen LogP contribution in [0.2, 0.25) is 0 Å². The number of aliphatic carboxylic acids is 1. The molecule has 4 fully saturated rings. The van der Waals surface area contributed by atoms with Gasteiger partial charge in [-0.25, -0.2) is 0 Å². The second-order valence-corrected chi connectivity index (χ2v) is 12.6. The molecule has 0 aliphatic heterocycles. The zero-order valence-corrected chi connectivity index (χ0v) is 20.4. The van der Waals surface area contributed by atoms with Crippen molar-refractivity contribution in [2.24, 2.45) is 58.2 Å². The average molecular weight is 435 g/mol. The molecule has 0 heterocycles. The monoisotopic (exact) mass is 434 g/mol. The normalized spacial score (nSPS) is 51.3. The lowest BCUT2D eigenvalue weighted by Crippen LogP contribution is -2.62. The smallest absolute Gasteiger partial charge is 0.306 e. The third-order valence-corrected chi connectivity index (χ3v) is 11.3. The zero-order chi connectivity index (χ0) is 22.7. The summed E-state index contributed by atoms with van der Waals surface area (Å²) >= 11 is 0. The van der Waals surface area contributed by atoms with Crippen LogP contribution in [-0.2, 0) is 4.79 Å². The fraction of sp³-hybridized carbons (Fsp3) is 0.963. The van der Waals surface area contributed by atoms with Crippen LogP contribution < -0.4 is 0 Å². The van der Waals surface area contributed by atoms with Gasteiger partial charge in [-0.3, -0.25) is 4.79 Å². The van der Waals surface area contributed by atoms with Gasteiger partial charge in [0.05, 0.1) is 18.1 Å². The summed E-state index contributed by atoms with van der Waals surface area (Å²) in [4.78, 5) is 11.5. The van der Waals surface area contributed by atoms with Crippen LogP contribution in [0.1, 0.15) is 92.4 Å². The second-order valence-electron chi connectivity index (χ2n) is 12.6. The number of carbonyl (C=O) groups is 1. The van der Waals surface area contributed by atoms with Crippen LogP contribution in [0.5, 0.6) is 0 Å². The highest BCUT2D eigenvalue weighted by atomic mass is 16.4. The highest BCUT2D eigenvalue weighted by Gasteiger charge is 2.64. The van der Waals surface area contributed by atoms with Gasteiger partial charge < -0.3 is 15.3 Å². The molecule has 4 rings (SSSR count). The summed E-state index contributed by atoms with van der Waals surface area (Å²) in [5.41, 5.74) is 0.460. The molecule has 0 aromatic carbocycles. The van der Waals surface area contributed by atoms with Gasteiger partial charge in [0.25, 0.3) is 0 Å². The van der Waals surface area contributed by atoms with Gasteiger partial charge in [0.15, 0.2) is 0 Å². The molecule has 0 saturated heterocycles. The number of carboxylic acids is 1. The highest BCUT2D eigenvalue weighted by molar-refractivity contribution is 5.69. The Hall–Kier alpha value is -0.610. The van der Waals surface area contributed by atoms with Crippen molar-refractivity contribution in [2.75, 3.05) is 0 Å². The summed E-state index contributed by atoms with van der Waals surface area (Å²) in [5.74, 6) is 2.23. The largest absolute Gasteiger partial charge is 0.481 e. The Morgan fingerprint density at radius 3 is 2.26 bits per heavy atom. The van der Waals surface area contributed by atoms with Crippen LogP contribution in [0.3, 0.4) is 0 Å². The van der Waals surface area contributed by atoms with Gasteiger partial charge in [0, 0.05) is 0 Å². The number of hydrogen-bond acceptors (Lipinski definition) is 3. The quantitative estimate of drug-likeness (QED) is 0.544. The Morgan fingerprint density at radius 2 is 1.61 bits per heavy atom. The van der Waals surface area contributed by atoms with Gasteiger partial charge in [-0.05, 0) is 104 Å². The Kier molecular flexibility index (Phi) is 6.31. The van der Waals surface area contributed by atoms with Gasteiger partial charge in [-0.2, -0.15) is 0 Å². The molecule has 3 unspecified atom stereocenters. The molecular formula is C27H46O4. The molecule has 4 aliphatic rings. The van der Waals surface area contributed by atoms with Crippen molar-refractivity contribution in [1.29, 1.82) is 0 Å². The molecule has 4 nitrogen and oxygen atoms in total. The molecule has 4 heteroatoms. The predicted octanol–water partition coefficient (Wildman–Crippen LogP) is 5.36. The lowest BCUT2D eigenvalue weighted by atomic mass is 9.41. The van der Waals surface area contributed by atoms with Crippen LogP contribution in [0, 0.1) is 58.2 Å². The van der Waals surface area contributed by atoms with E-state index >= 15 is 0 Å². The molecule has 4 aliphatic carbocycles. The summed E-state index contributed by atoms with van der Waals surface area (Å²) in [6.45, 7) is 11.3. The maximum Gasteiger partial charge on any atom is 0.306 e. The minimum absolute atomic E-state index is 0.197. The summed E-state index contributed by atoms with van der Waals surface area (Å²) in [5, 5.41) is 31.6. The van der Waals surface area contributed by atoms with E-state index in [1.807, 2.05) is 6.92 Å². The first kappa shape index (κ1) is 23.5. The number of hydrogen-bond donors (Lipinski definition) is 3. The topological polar surface area (TPSA) is 77.8 Å². The third-order valence-electron chi connectivity index (χ3n) is 11.3. The Bertz CT molecular complexity index is 678. The predicted molar refractivity (Wildman–Crippen MR) is 122 cm³/mol. The third kappa shape index (κ3) is 3.59. The number of aliphatic hydroxyl groups excluding tert-OH is 2. The van der Waals surface area contributed by atoms with Gasteiger partial charge in [0.2, 0.25) is 0 Å². The fourth-order valence-corrected chi connectivity index (χ4v) is 9.76. The zero-order valence-electron chi connectivity index (χ0n) is 20.4. The number of carboxylic acid groups (broad SMARTS) is 1. The molecule has 0 spiro atoms. The van der Waals surface area contributed by atoms with Crippen LogP contribution in [0.25, 0.3) is 0 Å². The molecule has 0 amide bonds. The Labute approximate surface area is 189 Å². The van der Waals surface area contributed by atoms with Crippen molar-refractivity contribution in [2.45, 2.75) is 105 Å². The van der Waals surface area contributed by atoms with Crippen LogP contribution in [0.15, 0.2) is 0 Å². The fourth-order valence-electron chi connectivity index (χ4n) is 9.76. The Balaban J connectivity index is 1.61. The molecule has 0 aromatic heterocycles. The van der Waals surface area contributed by atoms with Gasteiger partial charge in [-0.1, -0.05) is 41.0 Å². The van der Waals surface area contributed by atoms with Crippen molar-refractivity contribution < 1.29 is 20.1 Å². The molecule has 0 radical (unpaired) electrons. The number of aliphatic hydroxyl groups is 2. The number of fused-ring (bicyclic) bond motifs is 5. The SMILES string of the molecule is CC[C@H]1[C@@H](O)C2C3CC[C@H]([C@H](C)C[C@H](C)C(=O)O)[C@@]3(C)CCC2[C@@]2(C)CC[C@@H](O)C[C@@H]12. The van der Waals surface area contributed by atoms with E-state index in [4.69, 9.17) is 0 Å². The first-order chi connectivity index (χ1) is 14.5. The molecule has 178 valence electrons. The molecule has 12 atom stereocenters. The molecule has 0 aromatic rings. The molecule has 31 heavy (non-hydrogen) atoms. The van der Waals surface area contributed by atoms with Gasteiger partial charge in [-0.15, -0.1) is 0 Å². The van der Waals surface area contributed by atoms with Crippen molar-refractivity contribution in [3.8, 4) is 0 Å². The first-order valence-electron chi connectivity index (χ1n) is 13.1. The molecule has 3 N–H and O–H groups in total. The summed E-state index contributed by atoms with van der Waals surface area (Å²) in [7, 11) is 0. The number of rotatable bonds is 5. The van der Waals surface area contributed by atoms with E-state index in [0.717, 1.165) is 32.1 Å². The molecule has 4 saturated carbocycles. The lowest BCUT2D eigenvalue weighted by molar-refractivity contribution is -0.203. The van der Waals surface area contributed by atoms with E-state index in [1.165, 1.54) is 25.7 Å². The van der Waals surface area contributed by atoms with E-state index in [9.17, 15) is 20.1 Å². The Morgan fingerprint density at radius 1 is 0.968 bits per heavy atom. The van der Waals surface area contributed by atoms with E-state index in [2.05, 4.69) is 27.7 Å². The van der Waals surface area contributed by atoms with Crippen LogP contribution in [-0.4, -0.2) is 33.5 Å². The van der Waals surface area contributed by atoms with E-state index < -0.39 is 5.97 Å². The van der Waals surface area contributed by atoms with E-state index in [1.54, 1.807) is 0 Å².